The number of rotatable bonds is 6. The van der Waals surface area contributed by atoms with E-state index in [-0.39, 0.29) is 4.90 Å². The molecule has 0 saturated carbocycles. The van der Waals surface area contributed by atoms with E-state index in [0.29, 0.717) is 6.42 Å². The molecule has 0 bridgehead atoms. The summed E-state index contributed by atoms with van der Waals surface area (Å²) in [6.07, 6.45) is 0.669. The first kappa shape index (κ1) is 15.0. The van der Waals surface area contributed by atoms with Gasteiger partial charge in [0, 0.05) is 0 Å². The van der Waals surface area contributed by atoms with Crippen LogP contribution in [-0.2, 0) is 16.4 Å². The zero-order valence-electron chi connectivity index (χ0n) is 9.99. The fourth-order valence-corrected chi connectivity index (χ4v) is 2.42. The summed E-state index contributed by atoms with van der Waals surface area (Å²) in [5, 5.41) is 0. The molecule has 0 radical (unpaired) electrons. The average molecular weight is 278 g/mol. The summed E-state index contributed by atoms with van der Waals surface area (Å²) in [6, 6.07) is 6.17. The van der Waals surface area contributed by atoms with Crippen LogP contribution < -0.4 is 10.5 Å². The molecule has 3 N–H and O–H groups in total. The molecule has 4 nitrogen and oxygen atoms in total. The largest absolute Gasteiger partial charge is 0.325 e. The number of alkyl halides is 2. The second-order valence-electron chi connectivity index (χ2n) is 3.89. The molecular formula is C11H16F2N2O2S. The van der Waals surface area contributed by atoms with Gasteiger partial charge in [0.2, 0.25) is 10.0 Å². The van der Waals surface area contributed by atoms with Gasteiger partial charge in [0.05, 0.1) is 18.0 Å². The molecule has 7 heteroatoms. The summed E-state index contributed by atoms with van der Waals surface area (Å²) in [6.45, 7) is -0.0194. The highest BCUT2D eigenvalue weighted by atomic mass is 32.2. The van der Waals surface area contributed by atoms with Crippen molar-refractivity contribution in [2.24, 2.45) is 5.73 Å². The Kier molecular flexibility index (Phi) is 4.78. The molecule has 0 aliphatic heterocycles. The summed E-state index contributed by atoms with van der Waals surface area (Å²) in [7, 11) is -3.92. The van der Waals surface area contributed by atoms with Crippen molar-refractivity contribution >= 4 is 10.0 Å². The first-order valence-electron chi connectivity index (χ1n) is 5.47. The molecular weight excluding hydrogens is 262 g/mol. The van der Waals surface area contributed by atoms with Gasteiger partial charge < -0.3 is 5.73 Å². The van der Waals surface area contributed by atoms with Crippen molar-refractivity contribution in [3.05, 3.63) is 29.8 Å². The van der Waals surface area contributed by atoms with Gasteiger partial charge in [-0.2, -0.15) is 0 Å². The molecule has 18 heavy (non-hydrogen) atoms. The van der Waals surface area contributed by atoms with E-state index < -0.39 is 29.0 Å². The zero-order chi connectivity index (χ0) is 13.8. The first-order valence-corrected chi connectivity index (χ1v) is 6.95. The minimum Gasteiger partial charge on any atom is -0.325 e. The number of hydrogen-bond acceptors (Lipinski definition) is 3. The van der Waals surface area contributed by atoms with Crippen molar-refractivity contribution in [3.8, 4) is 0 Å². The molecule has 0 aromatic heterocycles. The number of hydrogen-bond donors (Lipinski definition) is 2. The third-order valence-corrected chi connectivity index (χ3v) is 3.84. The SMILES string of the molecule is CCc1cccc(S(=O)(=O)NCC(F)(F)CN)c1. The zero-order valence-corrected chi connectivity index (χ0v) is 10.8. The Morgan fingerprint density at radius 2 is 2.06 bits per heavy atom. The van der Waals surface area contributed by atoms with Crippen LogP contribution in [0, 0.1) is 0 Å². The average Bonchev–Trinajstić information content (AvgIpc) is 2.37. The van der Waals surface area contributed by atoms with E-state index >= 15 is 0 Å². The molecule has 0 atom stereocenters. The lowest BCUT2D eigenvalue weighted by atomic mass is 10.2. The lowest BCUT2D eigenvalue weighted by Gasteiger charge is -2.15. The molecule has 0 spiro atoms. The molecule has 0 aliphatic rings. The van der Waals surface area contributed by atoms with Crippen LogP contribution in [0.15, 0.2) is 29.2 Å². The van der Waals surface area contributed by atoms with Crippen molar-refractivity contribution < 1.29 is 17.2 Å². The summed E-state index contributed by atoms with van der Waals surface area (Å²) in [5.74, 6) is -3.24. The van der Waals surface area contributed by atoms with Gasteiger partial charge in [-0.05, 0) is 24.1 Å². The van der Waals surface area contributed by atoms with Crippen molar-refractivity contribution in [3.63, 3.8) is 0 Å². The van der Waals surface area contributed by atoms with E-state index in [9.17, 15) is 17.2 Å². The van der Waals surface area contributed by atoms with Crippen LogP contribution in [0.5, 0.6) is 0 Å². The van der Waals surface area contributed by atoms with E-state index in [2.05, 4.69) is 0 Å². The maximum atomic E-state index is 12.9. The van der Waals surface area contributed by atoms with Gasteiger partial charge in [0.25, 0.3) is 5.92 Å². The Bertz CT molecular complexity index is 504. The predicted molar refractivity (Wildman–Crippen MR) is 65.0 cm³/mol. The van der Waals surface area contributed by atoms with E-state index in [1.807, 2.05) is 11.6 Å². The number of sulfonamides is 1. The fourth-order valence-electron chi connectivity index (χ4n) is 1.29. The van der Waals surface area contributed by atoms with Crippen molar-refractivity contribution in [1.82, 2.24) is 4.72 Å². The quantitative estimate of drug-likeness (QED) is 0.819. The minimum atomic E-state index is -3.92. The van der Waals surface area contributed by atoms with E-state index in [1.54, 1.807) is 12.1 Å². The van der Waals surface area contributed by atoms with Gasteiger partial charge in [0.15, 0.2) is 0 Å². The van der Waals surface area contributed by atoms with Gasteiger partial charge in [-0.3, -0.25) is 0 Å². The molecule has 0 aliphatic carbocycles. The molecule has 0 heterocycles. The third kappa shape index (κ3) is 4.01. The lowest BCUT2D eigenvalue weighted by molar-refractivity contribution is 0.0170. The van der Waals surface area contributed by atoms with Crippen LogP contribution in [0.4, 0.5) is 8.78 Å². The van der Waals surface area contributed by atoms with Gasteiger partial charge in [-0.15, -0.1) is 0 Å². The highest BCUT2D eigenvalue weighted by Crippen LogP contribution is 2.14. The number of nitrogens with one attached hydrogen (secondary N) is 1. The van der Waals surface area contributed by atoms with E-state index in [0.717, 1.165) is 5.56 Å². The van der Waals surface area contributed by atoms with Crippen LogP contribution in [0.1, 0.15) is 12.5 Å². The van der Waals surface area contributed by atoms with Gasteiger partial charge >= 0.3 is 0 Å². The molecule has 1 rings (SSSR count). The van der Waals surface area contributed by atoms with Crippen molar-refractivity contribution in [1.29, 1.82) is 0 Å². The van der Waals surface area contributed by atoms with Crippen LogP contribution in [0.3, 0.4) is 0 Å². The number of benzene rings is 1. The molecule has 0 saturated heterocycles. The van der Waals surface area contributed by atoms with Crippen LogP contribution in [0.25, 0.3) is 0 Å². The number of aryl methyl sites for hydroxylation is 1. The smallest absolute Gasteiger partial charge is 0.273 e. The van der Waals surface area contributed by atoms with Crippen molar-refractivity contribution in [2.75, 3.05) is 13.1 Å². The predicted octanol–water partition coefficient (Wildman–Crippen LogP) is 1.12. The highest BCUT2D eigenvalue weighted by Gasteiger charge is 2.29. The molecule has 1 aromatic rings. The van der Waals surface area contributed by atoms with Crippen LogP contribution in [-0.4, -0.2) is 27.4 Å². The molecule has 1 aromatic carbocycles. The highest BCUT2D eigenvalue weighted by molar-refractivity contribution is 7.89. The molecule has 102 valence electrons. The Labute approximate surface area is 105 Å². The summed E-state index contributed by atoms with van der Waals surface area (Å²) < 4.78 is 51.2. The van der Waals surface area contributed by atoms with Gasteiger partial charge in [0.1, 0.15) is 0 Å². The van der Waals surface area contributed by atoms with E-state index in [1.165, 1.54) is 12.1 Å². The second kappa shape index (κ2) is 5.73. The lowest BCUT2D eigenvalue weighted by Crippen LogP contribution is -2.41. The normalized spacial score (nSPS) is 12.7. The Balaban J connectivity index is 2.86. The number of halogens is 2. The maximum absolute atomic E-state index is 12.9. The Morgan fingerprint density at radius 1 is 1.39 bits per heavy atom. The Hall–Kier alpha value is -1.05. The van der Waals surface area contributed by atoms with Crippen LogP contribution in [0.2, 0.25) is 0 Å². The topological polar surface area (TPSA) is 72.2 Å². The fraction of sp³-hybridized carbons (Fsp3) is 0.455. The second-order valence-corrected chi connectivity index (χ2v) is 5.65. The Morgan fingerprint density at radius 3 is 2.61 bits per heavy atom. The third-order valence-electron chi connectivity index (χ3n) is 2.44. The minimum absolute atomic E-state index is 0.0188. The summed E-state index contributed by atoms with van der Waals surface area (Å²) >= 11 is 0. The van der Waals surface area contributed by atoms with Gasteiger partial charge in [-0.1, -0.05) is 19.1 Å². The van der Waals surface area contributed by atoms with Gasteiger partial charge in [-0.25, -0.2) is 21.9 Å². The summed E-state index contributed by atoms with van der Waals surface area (Å²) in [5.41, 5.74) is 5.66. The summed E-state index contributed by atoms with van der Waals surface area (Å²) in [4.78, 5) is -0.0188. The first-order chi connectivity index (χ1) is 8.30. The molecule has 0 unspecified atom stereocenters. The maximum Gasteiger partial charge on any atom is 0.273 e. The van der Waals surface area contributed by atoms with Crippen LogP contribution >= 0.6 is 0 Å². The van der Waals surface area contributed by atoms with Crippen molar-refractivity contribution in [2.45, 2.75) is 24.2 Å². The number of nitrogens with two attached hydrogens (primary N) is 1. The molecule has 0 fully saturated rings. The monoisotopic (exact) mass is 278 g/mol. The molecule has 0 amide bonds. The van der Waals surface area contributed by atoms with E-state index in [4.69, 9.17) is 5.73 Å². The standard InChI is InChI=1S/C11H16F2N2O2S/c1-2-9-4-3-5-10(6-9)18(16,17)15-8-11(12,13)7-14/h3-6,15H,2,7-8,14H2,1H3.